The summed E-state index contributed by atoms with van der Waals surface area (Å²) >= 11 is 5.94. The molecule has 0 fully saturated rings. The summed E-state index contributed by atoms with van der Waals surface area (Å²) in [5, 5.41) is 1.41. The van der Waals surface area contributed by atoms with Crippen LogP contribution >= 0.6 is 11.6 Å². The van der Waals surface area contributed by atoms with Gasteiger partial charge in [0.1, 0.15) is 5.75 Å². The third kappa shape index (κ3) is 1.63. The smallest absolute Gasteiger partial charge is 0.256 e. The Morgan fingerprint density at radius 3 is 2.77 bits per heavy atom. The molecule has 0 saturated heterocycles. The summed E-state index contributed by atoms with van der Waals surface area (Å²) in [5.74, 6) is 0.314. The van der Waals surface area contributed by atoms with Crippen LogP contribution in [0, 0.1) is 0 Å². The van der Waals surface area contributed by atoms with Crippen LogP contribution in [0.15, 0.2) is 35.3 Å². The number of hydrogen-bond donors (Lipinski definition) is 1. The monoisotopic (exact) mass is 312 g/mol. The van der Waals surface area contributed by atoms with Gasteiger partial charge in [0, 0.05) is 15.8 Å². The fraction of sp³-hybridized carbons (Fsp3) is 0.0625. The van der Waals surface area contributed by atoms with Crippen molar-refractivity contribution in [1.29, 1.82) is 0 Å². The number of carbonyl (C=O) groups excluding carboxylic acids is 1. The molecule has 0 unspecified atom stereocenters. The maximum absolute atomic E-state index is 12.7. The molecule has 0 saturated carbocycles. The molecule has 2 heterocycles. The normalized spacial score (nSPS) is 12.4. The number of fused-ring (bicyclic) bond motifs is 5. The van der Waals surface area contributed by atoms with E-state index in [2.05, 4.69) is 9.97 Å². The van der Waals surface area contributed by atoms with Gasteiger partial charge in [0.15, 0.2) is 5.78 Å². The Bertz CT molecular complexity index is 1020. The van der Waals surface area contributed by atoms with E-state index in [1.54, 1.807) is 24.3 Å². The van der Waals surface area contributed by atoms with Gasteiger partial charge in [-0.25, -0.2) is 0 Å². The average molecular weight is 313 g/mol. The standard InChI is InChI=1S/C16H9ClN2O3/c1-22-8-5-11-13(18-6-8)14-12(15(11)20)9-3-2-7(17)4-10(9)16(21)19-14/h2-6H,1H3,(H,19,21). The summed E-state index contributed by atoms with van der Waals surface area (Å²) in [6, 6.07) is 6.53. The number of halogens is 1. The van der Waals surface area contributed by atoms with Crippen molar-refractivity contribution in [2.45, 2.75) is 0 Å². The molecule has 2 aromatic heterocycles. The Kier molecular flexibility index (Phi) is 2.62. The minimum absolute atomic E-state index is 0.181. The number of ether oxygens (including phenoxy) is 1. The maximum Gasteiger partial charge on any atom is 0.256 e. The van der Waals surface area contributed by atoms with E-state index in [0.29, 0.717) is 44.1 Å². The number of hydrogen-bond acceptors (Lipinski definition) is 4. The summed E-state index contributed by atoms with van der Waals surface area (Å²) in [7, 11) is 1.51. The molecule has 0 amide bonds. The Hall–Kier alpha value is -2.66. The lowest BCUT2D eigenvalue weighted by Gasteiger charge is -2.04. The van der Waals surface area contributed by atoms with Gasteiger partial charge in [-0.1, -0.05) is 17.7 Å². The van der Waals surface area contributed by atoms with E-state index in [-0.39, 0.29) is 11.3 Å². The van der Waals surface area contributed by atoms with E-state index in [9.17, 15) is 9.59 Å². The first-order valence-electron chi connectivity index (χ1n) is 6.55. The number of aromatic amines is 1. The first-order valence-corrected chi connectivity index (χ1v) is 6.92. The second-order valence-electron chi connectivity index (χ2n) is 4.99. The molecule has 4 rings (SSSR count). The SMILES string of the molecule is COc1cnc2c(c1)C(=O)c1c-2[nH]c(=O)c2cc(Cl)ccc12. The molecule has 6 heteroatoms. The zero-order valence-corrected chi connectivity index (χ0v) is 12.2. The lowest BCUT2D eigenvalue weighted by molar-refractivity contribution is 0.104. The van der Waals surface area contributed by atoms with Crippen molar-refractivity contribution in [3.63, 3.8) is 0 Å². The fourth-order valence-electron chi connectivity index (χ4n) is 2.78. The second-order valence-corrected chi connectivity index (χ2v) is 5.43. The molecule has 1 aromatic carbocycles. The van der Waals surface area contributed by atoms with Gasteiger partial charge >= 0.3 is 0 Å². The second kappa shape index (κ2) is 4.42. The molecule has 108 valence electrons. The Morgan fingerprint density at radius 2 is 2.00 bits per heavy atom. The molecule has 5 nitrogen and oxygen atoms in total. The summed E-state index contributed by atoms with van der Waals surface area (Å²) in [4.78, 5) is 32.0. The Morgan fingerprint density at radius 1 is 1.18 bits per heavy atom. The highest BCUT2D eigenvalue weighted by atomic mass is 35.5. The Balaban J connectivity index is 2.12. The van der Waals surface area contributed by atoms with E-state index in [0.717, 1.165) is 0 Å². The van der Waals surface area contributed by atoms with Gasteiger partial charge in [-0.15, -0.1) is 0 Å². The van der Waals surface area contributed by atoms with Crippen LogP contribution < -0.4 is 10.3 Å². The predicted octanol–water partition coefficient (Wildman–Crippen LogP) is 2.80. The van der Waals surface area contributed by atoms with Crippen molar-refractivity contribution in [3.05, 3.63) is 57.0 Å². The molecular formula is C16H9ClN2O3. The van der Waals surface area contributed by atoms with Crippen LogP contribution in [0.3, 0.4) is 0 Å². The lowest BCUT2D eigenvalue weighted by Crippen LogP contribution is -2.10. The summed E-state index contributed by atoms with van der Waals surface area (Å²) in [5.41, 5.74) is 1.49. The van der Waals surface area contributed by atoms with E-state index in [4.69, 9.17) is 16.3 Å². The molecule has 3 aromatic rings. The van der Waals surface area contributed by atoms with Crippen LogP contribution in [0.2, 0.25) is 5.02 Å². The van der Waals surface area contributed by atoms with Crippen LogP contribution in [-0.4, -0.2) is 22.9 Å². The van der Waals surface area contributed by atoms with Crippen LogP contribution in [0.25, 0.3) is 22.2 Å². The van der Waals surface area contributed by atoms with Crippen molar-refractivity contribution in [2.75, 3.05) is 7.11 Å². The topological polar surface area (TPSA) is 72.0 Å². The zero-order chi connectivity index (χ0) is 15.4. The van der Waals surface area contributed by atoms with Gasteiger partial charge in [-0.05, 0) is 18.2 Å². The van der Waals surface area contributed by atoms with Crippen molar-refractivity contribution >= 4 is 28.2 Å². The molecule has 0 atom stereocenters. The van der Waals surface area contributed by atoms with Gasteiger partial charge in [0.2, 0.25) is 0 Å². The highest BCUT2D eigenvalue weighted by molar-refractivity contribution is 6.32. The summed E-state index contributed by atoms with van der Waals surface area (Å²) in [6.07, 6.45) is 1.52. The van der Waals surface area contributed by atoms with Gasteiger partial charge in [0.05, 0.1) is 35.8 Å². The number of rotatable bonds is 1. The zero-order valence-electron chi connectivity index (χ0n) is 11.4. The van der Waals surface area contributed by atoms with Gasteiger partial charge in [-0.2, -0.15) is 0 Å². The van der Waals surface area contributed by atoms with E-state index in [1.807, 2.05) is 0 Å². The third-order valence-corrected chi connectivity index (χ3v) is 4.03. The molecule has 0 radical (unpaired) electrons. The summed E-state index contributed by atoms with van der Waals surface area (Å²) < 4.78 is 5.11. The fourth-order valence-corrected chi connectivity index (χ4v) is 2.95. The van der Waals surface area contributed by atoms with Crippen LogP contribution in [0.4, 0.5) is 0 Å². The van der Waals surface area contributed by atoms with Crippen LogP contribution in [-0.2, 0) is 0 Å². The van der Waals surface area contributed by atoms with E-state index < -0.39 is 0 Å². The molecule has 1 N–H and O–H groups in total. The highest BCUT2D eigenvalue weighted by Crippen LogP contribution is 2.38. The molecule has 1 aliphatic carbocycles. The van der Waals surface area contributed by atoms with Crippen molar-refractivity contribution in [1.82, 2.24) is 9.97 Å². The number of H-pyrrole nitrogens is 1. The largest absolute Gasteiger partial charge is 0.495 e. The first-order chi connectivity index (χ1) is 10.6. The number of pyridine rings is 2. The Labute approximate surface area is 129 Å². The number of benzene rings is 1. The predicted molar refractivity (Wildman–Crippen MR) is 82.8 cm³/mol. The number of aromatic nitrogens is 2. The molecule has 0 bridgehead atoms. The highest BCUT2D eigenvalue weighted by Gasteiger charge is 2.31. The van der Waals surface area contributed by atoms with Crippen molar-refractivity contribution in [3.8, 4) is 17.1 Å². The first kappa shape index (κ1) is 13.0. The third-order valence-electron chi connectivity index (χ3n) is 3.79. The number of ketones is 1. The number of nitrogens with zero attached hydrogens (tertiary/aromatic N) is 1. The van der Waals surface area contributed by atoms with Crippen molar-refractivity contribution < 1.29 is 9.53 Å². The molecule has 1 aliphatic rings. The number of carbonyl (C=O) groups is 1. The van der Waals surface area contributed by atoms with Gasteiger partial charge in [0.25, 0.3) is 5.56 Å². The van der Waals surface area contributed by atoms with E-state index >= 15 is 0 Å². The molecule has 22 heavy (non-hydrogen) atoms. The maximum atomic E-state index is 12.7. The quantitative estimate of drug-likeness (QED) is 0.586. The molecular weight excluding hydrogens is 304 g/mol. The summed E-state index contributed by atoms with van der Waals surface area (Å²) in [6.45, 7) is 0. The van der Waals surface area contributed by atoms with E-state index in [1.165, 1.54) is 13.3 Å². The molecule has 0 spiro atoms. The number of methoxy groups -OCH3 is 1. The van der Waals surface area contributed by atoms with Gasteiger partial charge < -0.3 is 9.72 Å². The van der Waals surface area contributed by atoms with Gasteiger partial charge in [-0.3, -0.25) is 14.6 Å². The number of nitrogens with one attached hydrogen (secondary N) is 1. The minimum atomic E-state index is -0.297. The minimum Gasteiger partial charge on any atom is -0.495 e. The molecule has 0 aliphatic heterocycles. The van der Waals surface area contributed by atoms with Crippen LogP contribution in [0.5, 0.6) is 5.75 Å². The van der Waals surface area contributed by atoms with Crippen molar-refractivity contribution in [2.24, 2.45) is 0 Å². The lowest BCUT2D eigenvalue weighted by atomic mass is 10.0. The average Bonchev–Trinajstić information content (AvgIpc) is 2.80. The van der Waals surface area contributed by atoms with Crippen LogP contribution in [0.1, 0.15) is 15.9 Å².